The van der Waals surface area contributed by atoms with Crippen molar-refractivity contribution in [3.05, 3.63) is 64.6 Å². The Morgan fingerprint density at radius 3 is 2.46 bits per heavy atom. The van der Waals surface area contributed by atoms with Gasteiger partial charge in [-0.1, -0.05) is 37.3 Å². The minimum Gasteiger partial charge on any atom is -0.467 e. The number of thiocarbonyl (C=S) groups is 1. The van der Waals surface area contributed by atoms with Crippen molar-refractivity contribution in [3.63, 3.8) is 0 Å². The Kier molecular flexibility index (Phi) is 9.81. The summed E-state index contributed by atoms with van der Waals surface area (Å²) in [4.78, 5) is 31.6. The maximum atomic E-state index is 13.1. The number of hydrogen-bond donors (Lipinski definition) is 2. The molecule has 1 aliphatic rings. The average Bonchev–Trinajstić information content (AvgIpc) is 3.46. The summed E-state index contributed by atoms with van der Waals surface area (Å²) in [7, 11) is 1.35. The zero-order valence-electron chi connectivity index (χ0n) is 22.4. The van der Waals surface area contributed by atoms with Gasteiger partial charge in [0.15, 0.2) is 5.11 Å². The molecule has 218 valence electrons. The summed E-state index contributed by atoms with van der Waals surface area (Å²) in [5.74, 6) is -0.886. The van der Waals surface area contributed by atoms with E-state index < -0.39 is 12.4 Å². The molecular formula is C28H29F3N4O4S2. The van der Waals surface area contributed by atoms with Crippen molar-refractivity contribution in [2.75, 3.05) is 25.5 Å². The molecule has 1 saturated heterocycles. The first-order valence-corrected chi connectivity index (χ1v) is 14.2. The zero-order chi connectivity index (χ0) is 29.6. The molecule has 1 fully saturated rings. The molecular weight excluding hydrogens is 577 g/mol. The minimum atomic E-state index is -4.77. The fraction of sp³-hybridized carbons (Fsp3) is 0.357. The lowest BCUT2D eigenvalue weighted by Gasteiger charge is -2.34. The molecule has 1 aromatic heterocycles. The third kappa shape index (κ3) is 7.94. The van der Waals surface area contributed by atoms with E-state index in [1.54, 1.807) is 29.6 Å². The number of ether oxygens (including phenoxy) is 2. The van der Waals surface area contributed by atoms with Crippen molar-refractivity contribution in [3.8, 4) is 16.9 Å². The van der Waals surface area contributed by atoms with Gasteiger partial charge in [0, 0.05) is 35.6 Å². The van der Waals surface area contributed by atoms with Gasteiger partial charge in [-0.2, -0.15) is 0 Å². The van der Waals surface area contributed by atoms with E-state index >= 15 is 0 Å². The summed E-state index contributed by atoms with van der Waals surface area (Å²) in [5.41, 5.74) is 2.05. The molecule has 2 aromatic carbocycles. The second-order valence-corrected chi connectivity index (χ2v) is 10.6. The molecule has 0 bridgehead atoms. The van der Waals surface area contributed by atoms with Gasteiger partial charge in [0.25, 0.3) is 5.91 Å². The molecule has 8 nitrogen and oxygen atoms in total. The van der Waals surface area contributed by atoms with Crippen molar-refractivity contribution in [1.82, 2.24) is 15.2 Å². The van der Waals surface area contributed by atoms with Gasteiger partial charge in [0.2, 0.25) is 0 Å². The minimum absolute atomic E-state index is 0.174. The van der Waals surface area contributed by atoms with E-state index in [0.717, 1.165) is 17.8 Å². The van der Waals surface area contributed by atoms with Gasteiger partial charge in [-0.3, -0.25) is 4.79 Å². The number of anilines is 1. The van der Waals surface area contributed by atoms with E-state index in [4.69, 9.17) is 17.0 Å². The first-order chi connectivity index (χ1) is 19.6. The molecule has 0 aliphatic carbocycles. The first-order valence-electron chi connectivity index (χ1n) is 12.9. The number of esters is 1. The number of aromatic nitrogens is 1. The van der Waals surface area contributed by atoms with Crippen molar-refractivity contribution in [2.24, 2.45) is 0 Å². The molecule has 0 radical (unpaired) electrons. The van der Waals surface area contributed by atoms with E-state index in [2.05, 4.69) is 20.4 Å². The largest absolute Gasteiger partial charge is 0.573 e. The Morgan fingerprint density at radius 2 is 1.83 bits per heavy atom. The number of methoxy groups -OCH3 is 1. The standard InChI is InChI=1S/C28H29F3N4O4S2/c1-3-21(26(37)38-2)34-27(40)35-14-12-18(13-15-35)25-33-23(16-41-25)24(36)32-22-7-5-4-6-20(22)17-8-10-19(11-9-17)39-28(29,30)31/h4-11,16,18,21H,3,12-15H2,1-2H3,(H,32,36)(H,34,40). The normalized spacial score (nSPS) is 14.7. The Labute approximate surface area is 244 Å². The molecule has 0 saturated carbocycles. The van der Waals surface area contributed by atoms with Crippen molar-refractivity contribution in [2.45, 2.75) is 44.5 Å². The van der Waals surface area contributed by atoms with Crippen LogP contribution in [0.3, 0.4) is 0 Å². The van der Waals surface area contributed by atoms with Crippen molar-refractivity contribution in [1.29, 1.82) is 0 Å². The van der Waals surface area contributed by atoms with Gasteiger partial charge in [-0.15, -0.1) is 24.5 Å². The van der Waals surface area contributed by atoms with Gasteiger partial charge in [-0.25, -0.2) is 9.78 Å². The number of rotatable bonds is 8. The van der Waals surface area contributed by atoms with Gasteiger partial charge in [-0.05, 0) is 55.2 Å². The second kappa shape index (κ2) is 13.3. The summed E-state index contributed by atoms with van der Waals surface area (Å²) >= 11 is 6.93. The number of nitrogens with zero attached hydrogens (tertiary/aromatic N) is 2. The maximum absolute atomic E-state index is 13.1. The highest BCUT2D eigenvalue weighted by Crippen LogP contribution is 2.33. The van der Waals surface area contributed by atoms with Crippen LogP contribution in [-0.2, 0) is 9.53 Å². The highest BCUT2D eigenvalue weighted by atomic mass is 32.1. The molecule has 1 amide bonds. The molecule has 41 heavy (non-hydrogen) atoms. The van der Waals surface area contributed by atoms with Crippen LogP contribution < -0.4 is 15.4 Å². The number of hydrogen-bond acceptors (Lipinski definition) is 7. The smallest absolute Gasteiger partial charge is 0.467 e. The molecule has 2 N–H and O–H groups in total. The van der Waals surface area contributed by atoms with Crippen LogP contribution in [0.4, 0.5) is 18.9 Å². The highest BCUT2D eigenvalue weighted by Gasteiger charge is 2.31. The third-order valence-electron chi connectivity index (χ3n) is 6.65. The summed E-state index contributed by atoms with van der Waals surface area (Å²) in [6, 6.07) is 12.0. The molecule has 4 rings (SSSR count). The summed E-state index contributed by atoms with van der Waals surface area (Å²) in [5, 5.41) is 9.05. The van der Waals surface area contributed by atoms with Gasteiger partial charge in [0.05, 0.1) is 12.1 Å². The number of carbonyl (C=O) groups is 2. The fourth-order valence-corrected chi connectivity index (χ4v) is 5.78. The number of carbonyl (C=O) groups excluding carboxylic acids is 2. The SMILES string of the molecule is CCC(NC(=S)N1CCC(c2nc(C(=O)Nc3ccccc3-c3ccc(OC(F)(F)F)cc3)cs2)CC1)C(=O)OC. The Morgan fingerprint density at radius 1 is 1.15 bits per heavy atom. The van der Waals surface area contributed by atoms with Crippen LogP contribution in [0.2, 0.25) is 0 Å². The molecule has 1 unspecified atom stereocenters. The maximum Gasteiger partial charge on any atom is 0.573 e. The Balaban J connectivity index is 1.36. The van der Waals surface area contributed by atoms with Crippen LogP contribution >= 0.6 is 23.6 Å². The molecule has 1 atom stereocenters. The highest BCUT2D eigenvalue weighted by molar-refractivity contribution is 7.80. The monoisotopic (exact) mass is 606 g/mol. The number of thiazole rings is 1. The number of benzene rings is 2. The van der Waals surface area contributed by atoms with E-state index in [0.29, 0.717) is 41.4 Å². The zero-order valence-corrected chi connectivity index (χ0v) is 24.0. The molecule has 2 heterocycles. The van der Waals surface area contributed by atoms with E-state index in [1.807, 2.05) is 11.8 Å². The average molecular weight is 607 g/mol. The number of alkyl halides is 3. The number of amides is 1. The molecule has 1 aliphatic heterocycles. The summed E-state index contributed by atoms with van der Waals surface area (Å²) in [6.45, 7) is 3.26. The number of likely N-dealkylation sites (tertiary alicyclic amines) is 1. The number of para-hydroxylation sites is 1. The van der Waals surface area contributed by atoms with Gasteiger partial charge < -0.3 is 25.0 Å². The van der Waals surface area contributed by atoms with Gasteiger partial charge >= 0.3 is 12.3 Å². The lowest BCUT2D eigenvalue weighted by atomic mass is 9.98. The van der Waals surface area contributed by atoms with Crippen LogP contribution in [0.1, 0.15) is 47.6 Å². The lowest BCUT2D eigenvalue weighted by Crippen LogP contribution is -2.49. The quantitative estimate of drug-likeness (QED) is 0.240. The fourth-order valence-electron chi connectivity index (χ4n) is 4.49. The molecule has 3 aromatic rings. The Hall–Kier alpha value is -3.71. The van der Waals surface area contributed by atoms with Crippen molar-refractivity contribution < 1.29 is 32.2 Å². The van der Waals surface area contributed by atoms with Crippen LogP contribution in [0.5, 0.6) is 5.75 Å². The summed E-state index contributed by atoms with van der Waals surface area (Å²) < 4.78 is 46.2. The van der Waals surface area contributed by atoms with Crippen LogP contribution in [0.25, 0.3) is 11.1 Å². The summed E-state index contributed by atoms with van der Waals surface area (Å²) in [6.07, 6.45) is -2.63. The number of nitrogens with one attached hydrogen (secondary N) is 2. The Bertz CT molecular complexity index is 1370. The van der Waals surface area contributed by atoms with E-state index in [1.165, 1.54) is 42.7 Å². The van der Waals surface area contributed by atoms with E-state index in [-0.39, 0.29) is 29.2 Å². The molecule has 0 spiro atoms. The lowest BCUT2D eigenvalue weighted by molar-refractivity contribution is -0.274. The van der Waals surface area contributed by atoms with E-state index in [9.17, 15) is 22.8 Å². The van der Waals surface area contributed by atoms with Crippen LogP contribution in [0.15, 0.2) is 53.9 Å². The van der Waals surface area contributed by atoms with Crippen molar-refractivity contribution >= 4 is 46.2 Å². The van der Waals surface area contributed by atoms with Gasteiger partial charge in [0.1, 0.15) is 17.5 Å². The predicted octanol–water partition coefficient (Wildman–Crippen LogP) is 5.97. The topological polar surface area (TPSA) is 92.8 Å². The van der Waals surface area contributed by atoms with Crippen LogP contribution in [0, 0.1) is 0 Å². The number of halogens is 3. The first kappa shape index (κ1) is 30.3. The predicted molar refractivity (Wildman–Crippen MR) is 154 cm³/mol. The number of piperidine rings is 1. The molecule has 13 heteroatoms. The van der Waals surface area contributed by atoms with Crippen LogP contribution in [-0.4, -0.2) is 59.5 Å². The second-order valence-electron chi connectivity index (χ2n) is 9.34. The third-order valence-corrected chi connectivity index (χ3v) is 8.04.